The molecule has 1 aliphatic carbocycles. The summed E-state index contributed by atoms with van der Waals surface area (Å²) in [6.45, 7) is 2.10. The number of hydrogen-bond donors (Lipinski definition) is 1. The van der Waals surface area contributed by atoms with E-state index in [2.05, 4.69) is 29.4 Å². The van der Waals surface area contributed by atoms with Crippen LogP contribution in [0.25, 0.3) is 0 Å². The highest BCUT2D eigenvalue weighted by atomic mass is 15.3. The second kappa shape index (κ2) is 5.17. The molecular formula is C13H24N4. The van der Waals surface area contributed by atoms with Crippen molar-refractivity contribution in [2.24, 2.45) is 7.05 Å². The Hall–Kier alpha value is -0.900. The maximum Gasteiger partial charge on any atom is 0.150 e. The zero-order valence-electron chi connectivity index (χ0n) is 11.3. The minimum Gasteiger partial charge on any atom is -0.314 e. The van der Waals surface area contributed by atoms with Crippen molar-refractivity contribution in [1.82, 2.24) is 20.1 Å². The van der Waals surface area contributed by atoms with Gasteiger partial charge in [-0.25, -0.2) is 4.98 Å². The number of rotatable bonds is 4. The molecule has 0 unspecified atom stereocenters. The predicted molar refractivity (Wildman–Crippen MR) is 69.0 cm³/mol. The average molecular weight is 236 g/mol. The zero-order valence-corrected chi connectivity index (χ0v) is 11.3. The second-order valence-electron chi connectivity index (χ2n) is 5.19. The SMILES string of the molecule is CCc1nc(CC2(NC)CCCCC2)n(C)n1. The number of aryl methyl sites for hydroxylation is 2. The Bertz CT molecular complexity index is 363. The van der Waals surface area contributed by atoms with E-state index < -0.39 is 0 Å². The van der Waals surface area contributed by atoms with Crippen LogP contribution >= 0.6 is 0 Å². The molecule has 0 aliphatic heterocycles. The van der Waals surface area contributed by atoms with Crippen LogP contribution in [0.5, 0.6) is 0 Å². The van der Waals surface area contributed by atoms with E-state index in [1.807, 2.05) is 11.7 Å². The smallest absolute Gasteiger partial charge is 0.150 e. The molecule has 0 amide bonds. The molecule has 1 saturated carbocycles. The minimum absolute atomic E-state index is 0.254. The summed E-state index contributed by atoms with van der Waals surface area (Å²) in [5.74, 6) is 2.09. The van der Waals surface area contributed by atoms with Crippen molar-refractivity contribution in [3.63, 3.8) is 0 Å². The van der Waals surface area contributed by atoms with Crippen LogP contribution in [0.1, 0.15) is 50.7 Å². The van der Waals surface area contributed by atoms with Crippen LogP contribution < -0.4 is 5.32 Å². The Balaban J connectivity index is 2.14. The predicted octanol–water partition coefficient (Wildman–Crippen LogP) is 1.84. The lowest BCUT2D eigenvalue weighted by atomic mass is 9.79. The molecule has 1 N–H and O–H groups in total. The van der Waals surface area contributed by atoms with Gasteiger partial charge in [0.05, 0.1) is 0 Å². The van der Waals surface area contributed by atoms with E-state index in [1.165, 1.54) is 32.1 Å². The van der Waals surface area contributed by atoms with Crippen molar-refractivity contribution < 1.29 is 0 Å². The summed E-state index contributed by atoms with van der Waals surface area (Å²) < 4.78 is 1.95. The summed E-state index contributed by atoms with van der Waals surface area (Å²) in [7, 11) is 4.09. The van der Waals surface area contributed by atoms with Crippen molar-refractivity contribution >= 4 is 0 Å². The molecule has 0 atom stereocenters. The van der Waals surface area contributed by atoms with Crippen LogP contribution in [0.2, 0.25) is 0 Å². The maximum absolute atomic E-state index is 4.63. The number of hydrogen-bond acceptors (Lipinski definition) is 3. The van der Waals surface area contributed by atoms with Crippen LogP contribution in [-0.2, 0) is 19.9 Å². The number of nitrogens with zero attached hydrogens (tertiary/aromatic N) is 3. The van der Waals surface area contributed by atoms with E-state index >= 15 is 0 Å². The fraction of sp³-hybridized carbons (Fsp3) is 0.846. The highest BCUT2D eigenvalue weighted by Crippen LogP contribution is 2.30. The van der Waals surface area contributed by atoms with Crippen LogP contribution in [0.3, 0.4) is 0 Å². The van der Waals surface area contributed by atoms with Crippen LogP contribution in [0.4, 0.5) is 0 Å². The third-order valence-electron chi connectivity index (χ3n) is 4.05. The number of aromatic nitrogens is 3. The Morgan fingerprint density at radius 3 is 2.53 bits per heavy atom. The Labute approximate surface area is 104 Å². The van der Waals surface area contributed by atoms with E-state index in [4.69, 9.17) is 0 Å². The first-order valence-electron chi connectivity index (χ1n) is 6.77. The third kappa shape index (κ3) is 2.68. The molecule has 0 bridgehead atoms. The summed E-state index contributed by atoms with van der Waals surface area (Å²) in [5.41, 5.74) is 0.254. The fourth-order valence-electron chi connectivity index (χ4n) is 2.82. The molecule has 0 aromatic carbocycles. The monoisotopic (exact) mass is 236 g/mol. The van der Waals surface area contributed by atoms with Gasteiger partial charge < -0.3 is 5.32 Å². The van der Waals surface area contributed by atoms with Crippen LogP contribution in [0, 0.1) is 0 Å². The minimum atomic E-state index is 0.254. The standard InChI is InChI=1S/C13H24N4/c1-4-11-15-12(17(3)16-11)10-13(14-2)8-6-5-7-9-13/h14H,4-10H2,1-3H3. The molecule has 1 aromatic rings. The quantitative estimate of drug-likeness (QED) is 0.867. The van der Waals surface area contributed by atoms with Gasteiger partial charge in [0.2, 0.25) is 0 Å². The molecule has 1 aliphatic rings. The highest BCUT2D eigenvalue weighted by Gasteiger charge is 2.32. The van der Waals surface area contributed by atoms with Gasteiger partial charge in [0.1, 0.15) is 5.82 Å². The summed E-state index contributed by atoms with van der Waals surface area (Å²) >= 11 is 0. The molecule has 1 fully saturated rings. The Morgan fingerprint density at radius 2 is 2.00 bits per heavy atom. The highest BCUT2D eigenvalue weighted by molar-refractivity contribution is 5.02. The van der Waals surface area contributed by atoms with Gasteiger partial charge in [-0.2, -0.15) is 5.10 Å². The molecule has 2 rings (SSSR count). The van der Waals surface area contributed by atoms with Crippen molar-refractivity contribution in [3.8, 4) is 0 Å². The lowest BCUT2D eigenvalue weighted by molar-refractivity contribution is 0.239. The van der Waals surface area contributed by atoms with Gasteiger partial charge in [-0.1, -0.05) is 26.2 Å². The van der Waals surface area contributed by atoms with Crippen molar-refractivity contribution in [2.75, 3.05) is 7.05 Å². The van der Waals surface area contributed by atoms with Gasteiger partial charge in [0.25, 0.3) is 0 Å². The molecule has 4 nitrogen and oxygen atoms in total. The lowest BCUT2D eigenvalue weighted by Crippen LogP contribution is -2.47. The van der Waals surface area contributed by atoms with Gasteiger partial charge in [-0.05, 0) is 19.9 Å². The summed E-state index contributed by atoms with van der Waals surface area (Å²) in [5, 5.41) is 7.98. The average Bonchev–Trinajstić information content (AvgIpc) is 2.71. The molecular weight excluding hydrogens is 212 g/mol. The molecule has 0 radical (unpaired) electrons. The Kier molecular flexibility index (Phi) is 3.82. The van der Waals surface area contributed by atoms with Crippen molar-refractivity contribution in [2.45, 2.75) is 57.4 Å². The summed E-state index contributed by atoms with van der Waals surface area (Å²) in [4.78, 5) is 4.63. The van der Waals surface area contributed by atoms with E-state index in [0.29, 0.717) is 0 Å². The number of nitrogens with one attached hydrogen (secondary N) is 1. The van der Waals surface area contributed by atoms with Crippen LogP contribution in [-0.4, -0.2) is 27.4 Å². The lowest BCUT2D eigenvalue weighted by Gasteiger charge is -2.36. The molecule has 0 saturated heterocycles. The summed E-state index contributed by atoms with van der Waals surface area (Å²) in [6.07, 6.45) is 8.49. The molecule has 96 valence electrons. The van der Waals surface area contributed by atoms with E-state index in [9.17, 15) is 0 Å². The third-order valence-corrected chi connectivity index (χ3v) is 4.05. The largest absolute Gasteiger partial charge is 0.314 e. The Morgan fingerprint density at radius 1 is 1.29 bits per heavy atom. The molecule has 1 aromatic heterocycles. The second-order valence-corrected chi connectivity index (χ2v) is 5.19. The number of likely N-dealkylation sites (N-methyl/N-ethyl adjacent to an activating group) is 1. The van der Waals surface area contributed by atoms with E-state index in [-0.39, 0.29) is 5.54 Å². The van der Waals surface area contributed by atoms with Gasteiger partial charge in [0, 0.05) is 25.4 Å². The first-order valence-corrected chi connectivity index (χ1v) is 6.77. The molecule has 0 spiro atoms. The van der Waals surface area contributed by atoms with Crippen molar-refractivity contribution in [3.05, 3.63) is 11.6 Å². The van der Waals surface area contributed by atoms with E-state index in [0.717, 1.165) is 24.5 Å². The zero-order chi connectivity index (χ0) is 12.3. The maximum atomic E-state index is 4.63. The normalized spacial score (nSPS) is 19.5. The van der Waals surface area contributed by atoms with Gasteiger partial charge in [-0.15, -0.1) is 0 Å². The van der Waals surface area contributed by atoms with Gasteiger partial charge in [0.15, 0.2) is 5.82 Å². The first kappa shape index (κ1) is 12.6. The summed E-state index contributed by atoms with van der Waals surface area (Å²) in [6, 6.07) is 0. The van der Waals surface area contributed by atoms with Gasteiger partial charge >= 0.3 is 0 Å². The molecule has 1 heterocycles. The van der Waals surface area contributed by atoms with Crippen LogP contribution in [0.15, 0.2) is 0 Å². The first-order chi connectivity index (χ1) is 8.19. The molecule has 4 heteroatoms. The van der Waals surface area contributed by atoms with Crippen molar-refractivity contribution in [1.29, 1.82) is 0 Å². The van der Waals surface area contributed by atoms with Gasteiger partial charge in [-0.3, -0.25) is 4.68 Å². The fourth-order valence-corrected chi connectivity index (χ4v) is 2.82. The van der Waals surface area contributed by atoms with E-state index in [1.54, 1.807) is 0 Å². The topological polar surface area (TPSA) is 42.7 Å². The molecule has 17 heavy (non-hydrogen) atoms.